The zero-order valence-electron chi connectivity index (χ0n) is 32.8. The van der Waals surface area contributed by atoms with E-state index in [9.17, 15) is 14.4 Å². The molecule has 13 heteroatoms. The maximum absolute atomic E-state index is 16.0. The minimum Gasteiger partial charge on any atom is -0.493 e. The summed E-state index contributed by atoms with van der Waals surface area (Å²) in [6.07, 6.45) is 5.68. The Kier molecular flexibility index (Phi) is 10.7. The van der Waals surface area contributed by atoms with E-state index < -0.39 is 35.3 Å². The van der Waals surface area contributed by atoms with E-state index in [1.165, 1.54) is 26.0 Å². The van der Waals surface area contributed by atoms with Crippen LogP contribution < -0.4 is 19.7 Å². The number of carbonyl (C=O) groups is 3. The third-order valence-electron chi connectivity index (χ3n) is 11.8. The van der Waals surface area contributed by atoms with Crippen LogP contribution in [0, 0.1) is 11.6 Å². The normalized spacial score (nSPS) is 21.0. The number of halogens is 3. The maximum Gasteiger partial charge on any atom is 0.255 e. The zero-order chi connectivity index (χ0) is 40.0. The van der Waals surface area contributed by atoms with E-state index in [4.69, 9.17) is 9.47 Å². The van der Waals surface area contributed by atoms with Crippen LogP contribution in [0.15, 0.2) is 48.5 Å². The number of imide groups is 1. The van der Waals surface area contributed by atoms with Gasteiger partial charge in [-0.2, -0.15) is 0 Å². The summed E-state index contributed by atoms with van der Waals surface area (Å²) in [7, 11) is 0. The molecule has 302 valence electrons. The van der Waals surface area contributed by atoms with E-state index in [0.717, 1.165) is 72.9 Å². The molecule has 2 N–H and O–H groups in total. The predicted molar refractivity (Wildman–Crippen MR) is 210 cm³/mol. The first kappa shape index (κ1) is 38.8. The summed E-state index contributed by atoms with van der Waals surface area (Å²) in [5, 5.41) is 3.36. The Morgan fingerprint density at radius 3 is 2.49 bits per heavy atom. The second kappa shape index (κ2) is 15.7. The molecule has 1 aromatic heterocycles. The van der Waals surface area contributed by atoms with E-state index in [1.54, 1.807) is 4.90 Å². The van der Waals surface area contributed by atoms with Crippen LogP contribution in [0.25, 0.3) is 10.9 Å². The molecule has 1 fully saturated rings. The minimum atomic E-state index is -1.58. The lowest BCUT2D eigenvalue weighted by Crippen LogP contribution is -2.52. The number of para-hydroxylation sites is 1. The number of benzene rings is 3. The summed E-state index contributed by atoms with van der Waals surface area (Å²) >= 11 is 0. The zero-order valence-corrected chi connectivity index (χ0v) is 32.8. The van der Waals surface area contributed by atoms with E-state index in [0.29, 0.717) is 43.1 Å². The molecule has 10 nitrogen and oxygen atoms in total. The topological polar surface area (TPSA) is 107 Å². The Morgan fingerprint density at radius 2 is 1.72 bits per heavy atom. The van der Waals surface area contributed by atoms with E-state index in [-0.39, 0.29) is 48.7 Å². The Bertz CT molecular complexity index is 2180. The van der Waals surface area contributed by atoms with Crippen molar-refractivity contribution in [3.8, 4) is 11.5 Å². The number of unbranched alkanes of at least 4 members (excludes halogenated alkanes) is 4. The number of aromatic amines is 1. The third-order valence-corrected chi connectivity index (χ3v) is 11.8. The van der Waals surface area contributed by atoms with Crippen molar-refractivity contribution in [3.05, 3.63) is 88.1 Å². The van der Waals surface area contributed by atoms with Crippen molar-refractivity contribution in [2.75, 3.05) is 37.7 Å². The number of aromatic nitrogens is 1. The van der Waals surface area contributed by atoms with Crippen molar-refractivity contribution in [1.82, 2.24) is 20.1 Å². The first-order valence-corrected chi connectivity index (χ1v) is 20.2. The Balaban J connectivity index is 0.839. The second-order valence-electron chi connectivity index (χ2n) is 16.5. The number of carbonyl (C=O) groups excluding carboxylic acids is 3. The van der Waals surface area contributed by atoms with Crippen LogP contribution in [-0.4, -0.2) is 83.1 Å². The number of nitrogens with zero attached hydrogens (tertiary/aromatic N) is 3. The highest BCUT2D eigenvalue weighted by molar-refractivity contribution is 6.06. The number of piperidine rings is 1. The van der Waals surface area contributed by atoms with Crippen molar-refractivity contribution in [3.63, 3.8) is 0 Å². The molecule has 3 amide bonds. The van der Waals surface area contributed by atoms with Crippen LogP contribution in [0.2, 0.25) is 0 Å². The maximum atomic E-state index is 16.0. The van der Waals surface area contributed by atoms with Crippen LogP contribution in [0.3, 0.4) is 0 Å². The number of nitrogens with one attached hydrogen (secondary N) is 2. The van der Waals surface area contributed by atoms with Crippen molar-refractivity contribution < 1.29 is 37.0 Å². The highest BCUT2D eigenvalue weighted by Crippen LogP contribution is 2.45. The summed E-state index contributed by atoms with van der Waals surface area (Å²) in [5.41, 5.74) is 3.17. The molecule has 4 aliphatic heterocycles. The highest BCUT2D eigenvalue weighted by atomic mass is 19.1. The molecule has 0 saturated carbocycles. The quantitative estimate of drug-likeness (QED) is 0.107. The number of ether oxygens (including phenoxy) is 2. The van der Waals surface area contributed by atoms with Gasteiger partial charge in [0.05, 0.1) is 31.4 Å². The molecule has 8 rings (SSSR count). The van der Waals surface area contributed by atoms with Gasteiger partial charge in [0, 0.05) is 71.0 Å². The smallest absolute Gasteiger partial charge is 0.255 e. The molecule has 5 heterocycles. The van der Waals surface area contributed by atoms with Crippen LogP contribution in [-0.2, 0) is 22.6 Å². The molecule has 3 aromatic carbocycles. The van der Waals surface area contributed by atoms with Gasteiger partial charge >= 0.3 is 0 Å². The summed E-state index contributed by atoms with van der Waals surface area (Å²) in [5.74, 6) is -1.59. The van der Waals surface area contributed by atoms with Gasteiger partial charge in [0.15, 0.2) is 0 Å². The minimum absolute atomic E-state index is 0.0154. The van der Waals surface area contributed by atoms with Crippen LogP contribution in [0.4, 0.5) is 18.9 Å². The van der Waals surface area contributed by atoms with Crippen LogP contribution in [0.5, 0.6) is 11.5 Å². The number of fused-ring (bicyclic) bond motifs is 6. The van der Waals surface area contributed by atoms with Gasteiger partial charge in [-0.25, -0.2) is 13.2 Å². The van der Waals surface area contributed by atoms with Gasteiger partial charge in [-0.05, 0) is 70.2 Å². The van der Waals surface area contributed by atoms with E-state index >= 15 is 13.2 Å². The molecular weight excluding hydrogens is 736 g/mol. The molecule has 4 aromatic rings. The molecule has 3 atom stereocenters. The Morgan fingerprint density at radius 1 is 0.965 bits per heavy atom. The second-order valence-corrected chi connectivity index (χ2v) is 16.5. The van der Waals surface area contributed by atoms with E-state index in [1.807, 2.05) is 48.2 Å². The number of amides is 3. The standard InChI is InChI=1S/C44H50F3N5O5/c1-26-21-30-28-11-7-8-12-34(28)48-39(30)40(52(26)25-44(2,3)47)38-32(45)22-27(23-33(38)46)56-19-10-6-4-5-9-17-50-18-20-57-41-31-24-51(36-15-16-37(53)49-42(36)54)43(55)29(31)13-14-35(41)50/h7-8,11-14,22-23,26,36,40,48H,4-6,9-10,15-21,24-25H2,1-3H3,(H,49,53,54)/t26-,36?,40-/m1/s1. The number of anilines is 1. The van der Waals surface area contributed by atoms with Gasteiger partial charge in [-0.15, -0.1) is 0 Å². The van der Waals surface area contributed by atoms with Crippen molar-refractivity contribution >= 4 is 34.3 Å². The number of rotatable bonds is 13. The van der Waals surface area contributed by atoms with Gasteiger partial charge in [0.1, 0.15) is 41.5 Å². The highest BCUT2D eigenvalue weighted by Gasteiger charge is 2.43. The number of hydrogen-bond donors (Lipinski definition) is 2. The fourth-order valence-electron chi connectivity index (χ4n) is 9.15. The number of hydrogen-bond acceptors (Lipinski definition) is 7. The largest absolute Gasteiger partial charge is 0.493 e. The number of alkyl halides is 1. The van der Waals surface area contributed by atoms with Crippen molar-refractivity contribution in [1.29, 1.82) is 0 Å². The first-order chi connectivity index (χ1) is 27.4. The summed E-state index contributed by atoms with van der Waals surface area (Å²) in [6.45, 7) is 7.61. The SMILES string of the molecule is C[C@@H]1Cc2c([nH]c3ccccc23)[C@@H](c2c(F)cc(OCCCCCCCN3CCOc4c3ccc3c4CN(C4CCC(=O)NC4=O)C3=O)cc2F)N1CC(C)(C)F. The third kappa shape index (κ3) is 7.70. The lowest BCUT2D eigenvalue weighted by Gasteiger charge is -2.43. The molecule has 0 bridgehead atoms. The number of H-pyrrole nitrogens is 1. The van der Waals surface area contributed by atoms with Gasteiger partial charge in [0.25, 0.3) is 5.91 Å². The fourth-order valence-corrected chi connectivity index (χ4v) is 9.15. The Labute approximate surface area is 330 Å². The lowest BCUT2D eigenvalue weighted by molar-refractivity contribution is -0.136. The van der Waals surface area contributed by atoms with Gasteiger partial charge in [0.2, 0.25) is 11.8 Å². The van der Waals surface area contributed by atoms with Crippen molar-refractivity contribution in [2.45, 2.75) is 102 Å². The van der Waals surface area contributed by atoms with Gasteiger partial charge in [-0.1, -0.05) is 37.5 Å². The lowest BCUT2D eigenvalue weighted by atomic mass is 9.87. The summed E-state index contributed by atoms with van der Waals surface area (Å²) < 4.78 is 59.1. The van der Waals surface area contributed by atoms with Gasteiger partial charge in [-0.3, -0.25) is 24.6 Å². The molecular formula is C44H50F3N5O5. The van der Waals surface area contributed by atoms with Crippen molar-refractivity contribution in [2.24, 2.45) is 0 Å². The monoisotopic (exact) mass is 785 g/mol. The molecule has 0 radical (unpaired) electrons. The molecule has 1 unspecified atom stereocenters. The molecule has 1 saturated heterocycles. The van der Waals surface area contributed by atoms with Crippen LogP contribution in [0.1, 0.15) is 105 Å². The van der Waals surface area contributed by atoms with Crippen LogP contribution >= 0.6 is 0 Å². The van der Waals surface area contributed by atoms with Gasteiger partial charge < -0.3 is 24.3 Å². The average Bonchev–Trinajstić information content (AvgIpc) is 3.70. The fraction of sp³-hybridized carbons (Fsp3) is 0.477. The average molecular weight is 786 g/mol. The van der Waals surface area contributed by atoms with E-state index in [2.05, 4.69) is 15.2 Å². The summed E-state index contributed by atoms with van der Waals surface area (Å²) in [4.78, 5) is 46.5. The predicted octanol–water partition coefficient (Wildman–Crippen LogP) is 7.52. The first-order valence-electron chi connectivity index (χ1n) is 20.2. The molecule has 57 heavy (non-hydrogen) atoms. The Hall–Kier alpha value is -5.04. The molecule has 0 spiro atoms. The summed E-state index contributed by atoms with van der Waals surface area (Å²) in [6, 6.07) is 12.4. The molecule has 0 aliphatic carbocycles. The molecule has 4 aliphatic rings.